The lowest BCUT2D eigenvalue weighted by atomic mass is 10.1. The zero-order valence-electron chi connectivity index (χ0n) is 9.00. The van der Waals surface area contributed by atoms with E-state index in [0.717, 1.165) is 5.56 Å². The Bertz CT molecular complexity index is 329. The molecule has 0 aliphatic rings. The Hall–Kier alpha value is -1.57. The summed E-state index contributed by atoms with van der Waals surface area (Å²) < 4.78 is 0. The monoisotopic (exact) mass is 191 g/mol. The number of nitrogens with two attached hydrogens (primary N) is 1. The molecule has 0 spiro atoms. The quantitative estimate of drug-likeness (QED) is 0.576. The van der Waals surface area contributed by atoms with Crippen LogP contribution in [0.15, 0.2) is 24.8 Å². The second-order valence-corrected chi connectivity index (χ2v) is 2.60. The van der Waals surface area contributed by atoms with Gasteiger partial charge in [-0.3, -0.25) is 4.79 Å². The minimum atomic E-state index is 0.0253. The molecule has 0 saturated carbocycles. The van der Waals surface area contributed by atoms with Crippen molar-refractivity contribution in [3.05, 3.63) is 35.9 Å². The molecule has 76 valence electrons. The highest BCUT2D eigenvalue weighted by molar-refractivity contribution is 5.95. The maximum atomic E-state index is 10.9. The number of anilines is 1. The molecule has 0 aliphatic heterocycles. The average Bonchev–Trinajstić information content (AvgIpc) is 2.20. The summed E-state index contributed by atoms with van der Waals surface area (Å²) in [5.41, 5.74) is 7.74. The van der Waals surface area contributed by atoms with Crippen molar-refractivity contribution in [1.82, 2.24) is 0 Å². The molecule has 14 heavy (non-hydrogen) atoms. The summed E-state index contributed by atoms with van der Waals surface area (Å²) in [4.78, 5) is 10.9. The van der Waals surface area contributed by atoms with Crippen LogP contribution in [0.2, 0.25) is 0 Å². The van der Waals surface area contributed by atoms with Crippen molar-refractivity contribution >= 4 is 17.5 Å². The summed E-state index contributed by atoms with van der Waals surface area (Å²) >= 11 is 0. The third-order valence-electron chi connectivity index (χ3n) is 1.71. The number of nitrogen functional groups attached to an aromatic ring is 1. The molecule has 1 rings (SSSR count). The molecule has 0 fully saturated rings. The van der Waals surface area contributed by atoms with Gasteiger partial charge in [-0.2, -0.15) is 0 Å². The van der Waals surface area contributed by atoms with Gasteiger partial charge in [0.1, 0.15) is 0 Å². The number of carbonyl (C=O) groups excluding carboxylic acids is 1. The second-order valence-electron chi connectivity index (χ2n) is 2.60. The van der Waals surface area contributed by atoms with E-state index in [4.69, 9.17) is 5.73 Å². The lowest BCUT2D eigenvalue weighted by Gasteiger charge is -2.01. The van der Waals surface area contributed by atoms with Crippen molar-refractivity contribution < 1.29 is 4.79 Å². The van der Waals surface area contributed by atoms with E-state index in [0.29, 0.717) is 11.3 Å². The zero-order chi connectivity index (χ0) is 11.1. The van der Waals surface area contributed by atoms with Crippen LogP contribution >= 0.6 is 0 Å². The Labute approximate surface area is 85.4 Å². The van der Waals surface area contributed by atoms with Gasteiger partial charge in [-0.25, -0.2) is 0 Å². The summed E-state index contributed by atoms with van der Waals surface area (Å²) in [6, 6.07) is 5.20. The van der Waals surface area contributed by atoms with Crippen LogP contribution in [0.4, 0.5) is 5.69 Å². The lowest BCUT2D eigenvalue weighted by molar-refractivity contribution is 0.101. The van der Waals surface area contributed by atoms with Gasteiger partial charge in [0.05, 0.1) is 0 Å². The lowest BCUT2D eigenvalue weighted by Crippen LogP contribution is -1.96. The predicted molar refractivity (Wildman–Crippen MR) is 62.3 cm³/mol. The summed E-state index contributed by atoms with van der Waals surface area (Å²) in [5.74, 6) is 0.0253. The van der Waals surface area contributed by atoms with Crippen molar-refractivity contribution in [2.75, 3.05) is 5.73 Å². The van der Waals surface area contributed by atoms with Crippen LogP contribution in [0.5, 0.6) is 0 Å². The van der Waals surface area contributed by atoms with Crippen LogP contribution in [-0.2, 0) is 0 Å². The predicted octanol–water partition coefficient (Wildman–Crippen LogP) is 3.14. The van der Waals surface area contributed by atoms with Gasteiger partial charge >= 0.3 is 0 Å². The SMILES string of the molecule is C=Cc1ccc(C(C)=O)cc1N.CC. The summed E-state index contributed by atoms with van der Waals surface area (Å²) in [5, 5.41) is 0. The Kier molecular flexibility index (Phi) is 5.30. The first-order chi connectivity index (χ1) is 6.65. The molecule has 2 nitrogen and oxygen atoms in total. The third-order valence-corrected chi connectivity index (χ3v) is 1.71. The average molecular weight is 191 g/mol. The zero-order valence-corrected chi connectivity index (χ0v) is 9.00. The fourth-order valence-electron chi connectivity index (χ4n) is 0.980. The molecule has 0 atom stereocenters. The van der Waals surface area contributed by atoms with Crippen molar-refractivity contribution in [2.45, 2.75) is 20.8 Å². The maximum Gasteiger partial charge on any atom is 0.159 e. The molecule has 0 aliphatic carbocycles. The van der Waals surface area contributed by atoms with E-state index in [9.17, 15) is 4.79 Å². The van der Waals surface area contributed by atoms with E-state index in [-0.39, 0.29) is 5.78 Å². The fourth-order valence-corrected chi connectivity index (χ4v) is 0.980. The van der Waals surface area contributed by atoms with Crippen molar-refractivity contribution in [3.63, 3.8) is 0 Å². The number of carbonyl (C=O) groups is 1. The Morgan fingerprint density at radius 2 is 2.00 bits per heavy atom. The molecule has 0 heterocycles. The molecular formula is C12H17NO. The van der Waals surface area contributed by atoms with Gasteiger partial charge in [0.2, 0.25) is 0 Å². The highest BCUT2D eigenvalue weighted by Crippen LogP contribution is 2.15. The first-order valence-corrected chi connectivity index (χ1v) is 4.68. The topological polar surface area (TPSA) is 43.1 Å². The highest BCUT2D eigenvalue weighted by Gasteiger charge is 2.00. The van der Waals surface area contributed by atoms with Gasteiger partial charge in [0.25, 0.3) is 0 Å². The van der Waals surface area contributed by atoms with Gasteiger partial charge in [-0.1, -0.05) is 38.6 Å². The van der Waals surface area contributed by atoms with Gasteiger partial charge in [0.15, 0.2) is 5.78 Å². The number of ketones is 1. The van der Waals surface area contributed by atoms with Crippen LogP contribution in [0, 0.1) is 0 Å². The first-order valence-electron chi connectivity index (χ1n) is 4.68. The largest absolute Gasteiger partial charge is 0.398 e. The van der Waals surface area contributed by atoms with E-state index < -0.39 is 0 Å². The number of benzene rings is 1. The molecule has 1 aromatic rings. The minimum absolute atomic E-state index is 0.0253. The molecular weight excluding hydrogens is 174 g/mol. The molecule has 2 heteroatoms. The first kappa shape index (κ1) is 12.4. The smallest absolute Gasteiger partial charge is 0.159 e. The molecule has 0 bridgehead atoms. The van der Waals surface area contributed by atoms with E-state index >= 15 is 0 Å². The fraction of sp³-hybridized carbons (Fsp3) is 0.250. The molecule has 0 aromatic heterocycles. The molecule has 2 N–H and O–H groups in total. The van der Waals surface area contributed by atoms with E-state index in [1.807, 2.05) is 13.8 Å². The second kappa shape index (κ2) is 5.97. The summed E-state index contributed by atoms with van der Waals surface area (Å²) in [7, 11) is 0. The Morgan fingerprint density at radius 3 is 2.36 bits per heavy atom. The summed E-state index contributed by atoms with van der Waals surface area (Å²) in [6.07, 6.45) is 1.67. The molecule has 0 saturated heterocycles. The summed E-state index contributed by atoms with van der Waals surface area (Å²) in [6.45, 7) is 9.12. The standard InChI is InChI=1S/C10H11NO.C2H6/c1-3-8-4-5-9(7(2)12)6-10(8)11;1-2/h3-6H,1,11H2,2H3;1-2H3. The minimum Gasteiger partial charge on any atom is -0.398 e. The highest BCUT2D eigenvalue weighted by atomic mass is 16.1. The van der Waals surface area contributed by atoms with Gasteiger partial charge in [-0.15, -0.1) is 0 Å². The normalized spacial score (nSPS) is 8.50. The number of Topliss-reactive ketones (excluding diaryl/α,β-unsaturated/α-hetero) is 1. The third kappa shape index (κ3) is 3.05. The van der Waals surface area contributed by atoms with Crippen LogP contribution in [0.1, 0.15) is 36.7 Å². The number of rotatable bonds is 2. The van der Waals surface area contributed by atoms with Crippen molar-refractivity contribution in [1.29, 1.82) is 0 Å². The van der Waals surface area contributed by atoms with Gasteiger partial charge in [-0.05, 0) is 18.6 Å². The van der Waals surface area contributed by atoms with Gasteiger partial charge in [0, 0.05) is 11.3 Å². The Balaban J connectivity index is 0.000000791. The van der Waals surface area contributed by atoms with Crippen LogP contribution in [0.25, 0.3) is 6.08 Å². The van der Waals surface area contributed by atoms with Crippen LogP contribution in [0.3, 0.4) is 0 Å². The number of hydrogen-bond donors (Lipinski definition) is 1. The maximum absolute atomic E-state index is 10.9. The van der Waals surface area contributed by atoms with Crippen LogP contribution in [-0.4, -0.2) is 5.78 Å². The van der Waals surface area contributed by atoms with Crippen molar-refractivity contribution in [2.24, 2.45) is 0 Å². The van der Waals surface area contributed by atoms with Gasteiger partial charge < -0.3 is 5.73 Å². The molecule has 0 unspecified atom stereocenters. The molecule has 0 radical (unpaired) electrons. The molecule has 0 amide bonds. The Morgan fingerprint density at radius 1 is 1.43 bits per heavy atom. The van der Waals surface area contributed by atoms with Crippen LogP contribution < -0.4 is 5.73 Å². The number of hydrogen-bond acceptors (Lipinski definition) is 2. The van der Waals surface area contributed by atoms with E-state index in [1.54, 1.807) is 24.3 Å². The van der Waals surface area contributed by atoms with E-state index in [1.165, 1.54) is 6.92 Å². The van der Waals surface area contributed by atoms with E-state index in [2.05, 4.69) is 6.58 Å². The molecule has 1 aromatic carbocycles. The van der Waals surface area contributed by atoms with Crippen molar-refractivity contribution in [3.8, 4) is 0 Å².